The molecule has 1 N–H and O–H groups in total. The van der Waals surface area contributed by atoms with Crippen molar-refractivity contribution in [2.75, 3.05) is 32.7 Å². The lowest BCUT2D eigenvalue weighted by Gasteiger charge is -2.24. The fraction of sp³-hybridized carbons (Fsp3) is 1.00. The predicted molar refractivity (Wildman–Crippen MR) is 71.8 cm³/mol. The summed E-state index contributed by atoms with van der Waals surface area (Å²) in [5.74, 6) is 1.82. The Hall–Kier alpha value is -0.0800. The normalized spacial score (nSPS) is 22.9. The summed E-state index contributed by atoms with van der Waals surface area (Å²) >= 11 is 0. The van der Waals surface area contributed by atoms with Gasteiger partial charge >= 0.3 is 0 Å². The van der Waals surface area contributed by atoms with Gasteiger partial charge in [0.05, 0.1) is 0 Å². The first kappa shape index (κ1) is 14.0. The van der Waals surface area contributed by atoms with Crippen LogP contribution in [-0.4, -0.2) is 37.6 Å². The lowest BCUT2D eigenvalue weighted by atomic mass is 10.0. The van der Waals surface area contributed by atoms with E-state index in [2.05, 4.69) is 31.0 Å². The minimum absolute atomic E-state index is 0.855. The average Bonchev–Trinajstić information content (AvgIpc) is 2.80. The summed E-state index contributed by atoms with van der Waals surface area (Å²) in [5, 5.41) is 3.45. The van der Waals surface area contributed by atoms with E-state index in [9.17, 15) is 0 Å². The molecule has 0 aromatic rings. The molecule has 1 fully saturated rings. The van der Waals surface area contributed by atoms with E-state index in [1.165, 1.54) is 58.4 Å². The van der Waals surface area contributed by atoms with Crippen LogP contribution in [0.3, 0.4) is 0 Å². The maximum Gasteiger partial charge on any atom is 0.000680 e. The molecule has 0 aromatic heterocycles. The fourth-order valence-corrected chi connectivity index (χ4v) is 2.51. The third kappa shape index (κ3) is 5.31. The van der Waals surface area contributed by atoms with E-state index >= 15 is 0 Å². The van der Waals surface area contributed by atoms with Crippen LogP contribution in [-0.2, 0) is 0 Å². The second-order valence-electron chi connectivity index (χ2n) is 5.41. The molecule has 1 aliphatic heterocycles. The Morgan fingerprint density at radius 1 is 1.38 bits per heavy atom. The van der Waals surface area contributed by atoms with Crippen LogP contribution in [0.1, 0.15) is 46.5 Å². The molecule has 0 bridgehead atoms. The highest BCUT2D eigenvalue weighted by Crippen LogP contribution is 2.15. The second kappa shape index (κ2) is 8.08. The van der Waals surface area contributed by atoms with Gasteiger partial charge in [0.15, 0.2) is 0 Å². The SMILES string of the molecule is CCC(C)CN(CC)CCCC1CCNC1. The molecule has 0 aliphatic carbocycles. The van der Waals surface area contributed by atoms with Crippen molar-refractivity contribution in [3.8, 4) is 0 Å². The summed E-state index contributed by atoms with van der Waals surface area (Å²) in [6.07, 6.45) is 5.52. The van der Waals surface area contributed by atoms with Crippen LogP contribution in [0.5, 0.6) is 0 Å². The summed E-state index contributed by atoms with van der Waals surface area (Å²) in [4.78, 5) is 2.62. The second-order valence-corrected chi connectivity index (χ2v) is 5.41. The summed E-state index contributed by atoms with van der Waals surface area (Å²) in [6, 6.07) is 0. The minimum atomic E-state index is 0.855. The monoisotopic (exact) mass is 226 g/mol. The minimum Gasteiger partial charge on any atom is -0.316 e. The molecule has 0 amide bonds. The first-order valence-electron chi connectivity index (χ1n) is 7.19. The molecule has 1 heterocycles. The van der Waals surface area contributed by atoms with Crippen molar-refractivity contribution in [1.82, 2.24) is 10.2 Å². The van der Waals surface area contributed by atoms with E-state index in [1.54, 1.807) is 0 Å². The standard InChI is InChI=1S/C14H30N2/c1-4-13(3)12-16(5-2)10-6-7-14-8-9-15-11-14/h13-15H,4-12H2,1-3H3. The number of hydrogen-bond donors (Lipinski definition) is 1. The topological polar surface area (TPSA) is 15.3 Å². The number of rotatable bonds is 8. The maximum absolute atomic E-state index is 3.45. The Morgan fingerprint density at radius 3 is 2.75 bits per heavy atom. The molecule has 2 unspecified atom stereocenters. The van der Waals surface area contributed by atoms with Crippen LogP contribution < -0.4 is 5.32 Å². The van der Waals surface area contributed by atoms with Crippen molar-refractivity contribution in [2.45, 2.75) is 46.5 Å². The fourth-order valence-electron chi connectivity index (χ4n) is 2.51. The van der Waals surface area contributed by atoms with Crippen molar-refractivity contribution in [3.05, 3.63) is 0 Å². The molecule has 2 atom stereocenters. The summed E-state index contributed by atoms with van der Waals surface area (Å²) in [6.45, 7) is 13.3. The molecule has 16 heavy (non-hydrogen) atoms. The number of nitrogens with one attached hydrogen (secondary N) is 1. The molecule has 96 valence electrons. The Kier molecular flexibility index (Phi) is 7.06. The lowest BCUT2D eigenvalue weighted by molar-refractivity contribution is 0.237. The lowest BCUT2D eigenvalue weighted by Crippen LogP contribution is -2.29. The van der Waals surface area contributed by atoms with E-state index in [1.807, 2.05) is 0 Å². The van der Waals surface area contributed by atoms with Gasteiger partial charge in [-0.15, -0.1) is 0 Å². The van der Waals surface area contributed by atoms with Crippen LogP contribution in [0.15, 0.2) is 0 Å². The van der Waals surface area contributed by atoms with E-state index in [0.29, 0.717) is 0 Å². The highest BCUT2D eigenvalue weighted by atomic mass is 15.1. The predicted octanol–water partition coefficient (Wildman–Crippen LogP) is 2.74. The number of hydrogen-bond acceptors (Lipinski definition) is 2. The molecule has 0 spiro atoms. The van der Waals surface area contributed by atoms with Gasteiger partial charge in [0.2, 0.25) is 0 Å². The molecule has 2 heteroatoms. The molecule has 0 radical (unpaired) electrons. The van der Waals surface area contributed by atoms with Crippen LogP contribution in [0.25, 0.3) is 0 Å². The van der Waals surface area contributed by atoms with Gasteiger partial charge in [-0.2, -0.15) is 0 Å². The van der Waals surface area contributed by atoms with E-state index in [-0.39, 0.29) is 0 Å². The van der Waals surface area contributed by atoms with E-state index in [0.717, 1.165) is 11.8 Å². The Balaban J connectivity index is 2.08. The molecule has 0 aromatic carbocycles. The number of nitrogens with zero attached hydrogens (tertiary/aromatic N) is 1. The van der Waals surface area contributed by atoms with Crippen LogP contribution in [0.4, 0.5) is 0 Å². The van der Waals surface area contributed by atoms with Gasteiger partial charge in [-0.25, -0.2) is 0 Å². The largest absolute Gasteiger partial charge is 0.316 e. The van der Waals surface area contributed by atoms with Crippen molar-refractivity contribution >= 4 is 0 Å². The molecule has 1 aliphatic rings. The zero-order valence-electron chi connectivity index (χ0n) is 11.5. The molecule has 1 rings (SSSR count). The van der Waals surface area contributed by atoms with Gasteiger partial charge in [-0.1, -0.05) is 27.2 Å². The van der Waals surface area contributed by atoms with E-state index in [4.69, 9.17) is 0 Å². The quantitative estimate of drug-likeness (QED) is 0.684. The maximum atomic E-state index is 3.45. The average molecular weight is 226 g/mol. The van der Waals surface area contributed by atoms with Gasteiger partial charge in [-0.05, 0) is 57.3 Å². The highest BCUT2D eigenvalue weighted by Gasteiger charge is 2.14. The highest BCUT2D eigenvalue weighted by molar-refractivity contribution is 4.71. The van der Waals surface area contributed by atoms with E-state index < -0.39 is 0 Å². The first-order valence-corrected chi connectivity index (χ1v) is 7.19. The Morgan fingerprint density at radius 2 is 2.19 bits per heavy atom. The van der Waals surface area contributed by atoms with Crippen molar-refractivity contribution in [1.29, 1.82) is 0 Å². The smallest absolute Gasteiger partial charge is 0.000680 e. The van der Waals surface area contributed by atoms with Crippen molar-refractivity contribution < 1.29 is 0 Å². The van der Waals surface area contributed by atoms with Gasteiger partial charge in [0.1, 0.15) is 0 Å². The zero-order chi connectivity index (χ0) is 11.8. The van der Waals surface area contributed by atoms with Gasteiger partial charge in [0, 0.05) is 6.54 Å². The van der Waals surface area contributed by atoms with Crippen LogP contribution in [0, 0.1) is 11.8 Å². The van der Waals surface area contributed by atoms with Crippen LogP contribution in [0.2, 0.25) is 0 Å². The molecule has 1 saturated heterocycles. The van der Waals surface area contributed by atoms with Gasteiger partial charge in [0.25, 0.3) is 0 Å². The van der Waals surface area contributed by atoms with Crippen molar-refractivity contribution in [2.24, 2.45) is 11.8 Å². The molecule has 2 nitrogen and oxygen atoms in total. The third-order valence-corrected chi connectivity index (χ3v) is 3.96. The Labute approximate surface area is 102 Å². The first-order chi connectivity index (χ1) is 7.76. The van der Waals surface area contributed by atoms with Crippen LogP contribution >= 0.6 is 0 Å². The summed E-state index contributed by atoms with van der Waals surface area (Å²) in [5.41, 5.74) is 0. The molecule has 0 saturated carbocycles. The molecular formula is C14H30N2. The Bertz CT molecular complexity index is 164. The van der Waals surface area contributed by atoms with Gasteiger partial charge in [-0.3, -0.25) is 0 Å². The zero-order valence-corrected chi connectivity index (χ0v) is 11.5. The van der Waals surface area contributed by atoms with Gasteiger partial charge < -0.3 is 10.2 Å². The van der Waals surface area contributed by atoms with Crippen molar-refractivity contribution in [3.63, 3.8) is 0 Å². The summed E-state index contributed by atoms with van der Waals surface area (Å²) < 4.78 is 0. The molecular weight excluding hydrogens is 196 g/mol. The third-order valence-electron chi connectivity index (χ3n) is 3.96. The summed E-state index contributed by atoms with van der Waals surface area (Å²) in [7, 11) is 0.